The van der Waals surface area contributed by atoms with E-state index >= 15 is 0 Å². The molecular formula is C22H25FN4O2. The van der Waals surface area contributed by atoms with Gasteiger partial charge in [-0.05, 0) is 49.7 Å². The van der Waals surface area contributed by atoms with Gasteiger partial charge in [-0.2, -0.15) is 0 Å². The highest BCUT2D eigenvalue weighted by Crippen LogP contribution is 2.25. The maximum Gasteiger partial charge on any atom is 0.251 e. The fourth-order valence-corrected chi connectivity index (χ4v) is 3.58. The lowest BCUT2D eigenvalue weighted by Crippen LogP contribution is -2.38. The van der Waals surface area contributed by atoms with Gasteiger partial charge in [-0.25, -0.2) is 9.37 Å². The Bertz CT molecular complexity index is 1010. The molecule has 1 fully saturated rings. The lowest BCUT2D eigenvalue weighted by atomic mass is 10.1. The minimum atomic E-state index is -0.470. The standard InChI is InChI=1S/C22H25FN4O2/c1-15-4-2-5-19-20(15)26-21(25-19)17-7-6-16(14-18(17)23)22(28)24-8-3-9-27-10-12-29-13-11-27/h2,4-7,14H,3,8-13H2,1H3,(H,24,28)(H,25,26). The van der Waals surface area contributed by atoms with Crippen LogP contribution in [0.1, 0.15) is 22.3 Å². The number of nitrogens with one attached hydrogen (secondary N) is 2. The summed E-state index contributed by atoms with van der Waals surface area (Å²) < 4.78 is 20.0. The first-order chi connectivity index (χ1) is 14.1. The van der Waals surface area contributed by atoms with Crippen molar-refractivity contribution in [3.8, 4) is 11.4 Å². The van der Waals surface area contributed by atoms with E-state index in [4.69, 9.17) is 4.74 Å². The molecule has 7 heteroatoms. The lowest BCUT2D eigenvalue weighted by molar-refractivity contribution is 0.0374. The molecule has 0 aliphatic carbocycles. The fourth-order valence-electron chi connectivity index (χ4n) is 3.58. The van der Waals surface area contributed by atoms with Crippen molar-refractivity contribution in [1.29, 1.82) is 0 Å². The topological polar surface area (TPSA) is 70.2 Å². The van der Waals surface area contributed by atoms with Crippen molar-refractivity contribution in [2.24, 2.45) is 0 Å². The summed E-state index contributed by atoms with van der Waals surface area (Å²) in [6.45, 7) is 6.84. The van der Waals surface area contributed by atoms with Crippen molar-refractivity contribution in [3.05, 3.63) is 53.3 Å². The number of benzene rings is 2. The molecule has 6 nitrogen and oxygen atoms in total. The molecule has 1 aliphatic rings. The zero-order valence-electron chi connectivity index (χ0n) is 16.5. The second-order valence-electron chi connectivity index (χ2n) is 7.31. The van der Waals surface area contributed by atoms with Crippen molar-refractivity contribution < 1.29 is 13.9 Å². The quantitative estimate of drug-likeness (QED) is 0.628. The number of carbonyl (C=O) groups excluding carboxylic acids is 1. The number of hydrogen-bond acceptors (Lipinski definition) is 4. The van der Waals surface area contributed by atoms with Gasteiger partial charge in [0.15, 0.2) is 0 Å². The van der Waals surface area contributed by atoms with E-state index in [2.05, 4.69) is 20.2 Å². The molecule has 0 spiro atoms. The molecule has 0 saturated carbocycles. The number of ether oxygens (including phenoxy) is 1. The number of carbonyl (C=O) groups is 1. The van der Waals surface area contributed by atoms with Gasteiger partial charge in [-0.3, -0.25) is 9.69 Å². The molecule has 1 aromatic heterocycles. The summed E-state index contributed by atoms with van der Waals surface area (Å²) in [5, 5.41) is 2.87. The van der Waals surface area contributed by atoms with Gasteiger partial charge in [0.25, 0.3) is 5.91 Å². The number of imidazole rings is 1. The molecule has 0 bridgehead atoms. The number of rotatable bonds is 6. The molecule has 3 aromatic rings. The number of H-pyrrole nitrogens is 1. The third kappa shape index (κ3) is 4.46. The van der Waals surface area contributed by atoms with Gasteiger partial charge < -0.3 is 15.0 Å². The normalized spacial score (nSPS) is 15.0. The van der Waals surface area contributed by atoms with E-state index < -0.39 is 5.82 Å². The predicted octanol–water partition coefficient (Wildman–Crippen LogP) is 3.13. The number of para-hydroxylation sites is 1. The van der Waals surface area contributed by atoms with Crippen molar-refractivity contribution in [2.45, 2.75) is 13.3 Å². The number of aryl methyl sites for hydroxylation is 1. The van der Waals surface area contributed by atoms with Crippen LogP contribution in [0.4, 0.5) is 4.39 Å². The van der Waals surface area contributed by atoms with Crippen LogP contribution in [0.2, 0.25) is 0 Å². The Hall–Kier alpha value is -2.77. The summed E-state index contributed by atoms with van der Waals surface area (Å²) in [4.78, 5) is 22.3. The number of amides is 1. The number of aromatic nitrogens is 2. The minimum Gasteiger partial charge on any atom is -0.379 e. The zero-order chi connectivity index (χ0) is 20.2. The summed E-state index contributed by atoms with van der Waals surface area (Å²) in [6.07, 6.45) is 0.852. The zero-order valence-corrected chi connectivity index (χ0v) is 16.5. The van der Waals surface area contributed by atoms with Crippen LogP contribution in [0.5, 0.6) is 0 Å². The first-order valence-corrected chi connectivity index (χ1v) is 9.95. The van der Waals surface area contributed by atoms with Crippen LogP contribution < -0.4 is 5.32 Å². The molecule has 152 valence electrons. The Morgan fingerprint density at radius 2 is 2.10 bits per heavy atom. The number of nitrogens with zero attached hydrogens (tertiary/aromatic N) is 2. The summed E-state index contributed by atoms with van der Waals surface area (Å²) in [6, 6.07) is 10.3. The van der Waals surface area contributed by atoms with Crippen molar-refractivity contribution in [2.75, 3.05) is 39.4 Å². The summed E-state index contributed by atoms with van der Waals surface area (Å²) in [7, 11) is 0. The van der Waals surface area contributed by atoms with E-state index in [9.17, 15) is 9.18 Å². The molecule has 29 heavy (non-hydrogen) atoms. The van der Waals surface area contributed by atoms with Gasteiger partial charge in [0.2, 0.25) is 0 Å². The van der Waals surface area contributed by atoms with Crippen LogP contribution in [0, 0.1) is 12.7 Å². The van der Waals surface area contributed by atoms with Crippen molar-refractivity contribution >= 4 is 16.9 Å². The van der Waals surface area contributed by atoms with Gasteiger partial charge in [0.1, 0.15) is 11.6 Å². The van der Waals surface area contributed by atoms with Crippen LogP contribution in [-0.2, 0) is 4.74 Å². The predicted molar refractivity (Wildman–Crippen MR) is 110 cm³/mol. The maximum absolute atomic E-state index is 14.7. The van der Waals surface area contributed by atoms with Gasteiger partial charge >= 0.3 is 0 Å². The Morgan fingerprint density at radius 1 is 1.28 bits per heavy atom. The largest absolute Gasteiger partial charge is 0.379 e. The van der Waals surface area contributed by atoms with Gasteiger partial charge in [-0.1, -0.05) is 12.1 Å². The third-order valence-electron chi connectivity index (χ3n) is 5.24. The van der Waals surface area contributed by atoms with E-state index in [0.717, 1.165) is 55.9 Å². The highest BCUT2D eigenvalue weighted by atomic mass is 19.1. The average Bonchev–Trinajstić information content (AvgIpc) is 3.17. The van der Waals surface area contributed by atoms with Crippen LogP contribution >= 0.6 is 0 Å². The van der Waals surface area contributed by atoms with Crippen LogP contribution in [-0.4, -0.2) is 60.2 Å². The van der Waals surface area contributed by atoms with E-state index in [0.29, 0.717) is 23.5 Å². The second kappa shape index (κ2) is 8.71. The Kier molecular flexibility index (Phi) is 5.87. The number of hydrogen-bond donors (Lipinski definition) is 2. The van der Waals surface area contributed by atoms with Crippen molar-refractivity contribution in [3.63, 3.8) is 0 Å². The molecule has 4 rings (SSSR count). The van der Waals surface area contributed by atoms with Crippen LogP contribution in [0.25, 0.3) is 22.4 Å². The first-order valence-electron chi connectivity index (χ1n) is 9.95. The number of halogens is 1. The lowest BCUT2D eigenvalue weighted by Gasteiger charge is -2.26. The Morgan fingerprint density at radius 3 is 2.86 bits per heavy atom. The monoisotopic (exact) mass is 396 g/mol. The SMILES string of the molecule is Cc1cccc2[nH]c(-c3ccc(C(=O)NCCCN4CCOCC4)cc3F)nc12. The Labute approximate surface area is 169 Å². The number of morpholine rings is 1. The fraction of sp³-hybridized carbons (Fsp3) is 0.364. The summed E-state index contributed by atoms with van der Waals surface area (Å²) in [5.41, 5.74) is 3.37. The molecule has 0 unspecified atom stereocenters. The van der Waals surface area contributed by atoms with Crippen LogP contribution in [0.3, 0.4) is 0 Å². The number of fused-ring (bicyclic) bond motifs is 1. The van der Waals surface area contributed by atoms with Gasteiger partial charge in [0.05, 0.1) is 29.8 Å². The second-order valence-corrected chi connectivity index (χ2v) is 7.31. The molecule has 0 atom stereocenters. The number of aromatic amines is 1. The molecule has 1 aliphatic heterocycles. The molecule has 1 amide bonds. The van der Waals surface area contributed by atoms with E-state index in [1.807, 2.05) is 25.1 Å². The molecule has 2 N–H and O–H groups in total. The Balaban J connectivity index is 1.38. The molecule has 0 radical (unpaired) electrons. The van der Waals surface area contributed by atoms with Crippen molar-refractivity contribution in [1.82, 2.24) is 20.2 Å². The van der Waals surface area contributed by atoms with Gasteiger partial charge in [0, 0.05) is 25.2 Å². The van der Waals surface area contributed by atoms with E-state index in [1.165, 1.54) is 6.07 Å². The molecular weight excluding hydrogens is 371 g/mol. The maximum atomic E-state index is 14.7. The first kappa shape index (κ1) is 19.5. The smallest absolute Gasteiger partial charge is 0.251 e. The highest BCUT2D eigenvalue weighted by molar-refractivity contribution is 5.94. The van der Waals surface area contributed by atoms with Gasteiger partial charge in [-0.15, -0.1) is 0 Å². The molecule has 1 saturated heterocycles. The molecule has 2 heterocycles. The van der Waals surface area contributed by atoms with E-state index in [1.54, 1.807) is 12.1 Å². The highest BCUT2D eigenvalue weighted by Gasteiger charge is 2.15. The minimum absolute atomic E-state index is 0.266. The average molecular weight is 396 g/mol. The van der Waals surface area contributed by atoms with Crippen LogP contribution in [0.15, 0.2) is 36.4 Å². The summed E-state index contributed by atoms with van der Waals surface area (Å²) >= 11 is 0. The van der Waals surface area contributed by atoms with E-state index in [-0.39, 0.29) is 5.91 Å². The molecule has 2 aromatic carbocycles. The third-order valence-corrected chi connectivity index (χ3v) is 5.24. The summed E-state index contributed by atoms with van der Waals surface area (Å²) in [5.74, 6) is -0.273.